The number of anilines is 2. The van der Waals surface area contributed by atoms with Crippen LogP contribution in [0.1, 0.15) is 37.4 Å². The number of nitrogens with one attached hydrogen (secondary N) is 3. The van der Waals surface area contributed by atoms with Crippen LogP contribution in [0, 0.1) is 5.92 Å². The fraction of sp³-hybridized carbons (Fsp3) is 0.360. The number of methoxy groups -OCH3 is 1. The van der Waals surface area contributed by atoms with Crippen LogP contribution >= 0.6 is 0 Å². The third-order valence-electron chi connectivity index (χ3n) is 6.38. The Morgan fingerprint density at radius 2 is 1.74 bits per heavy atom. The third-order valence-corrected chi connectivity index (χ3v) is 6.38. The molecule has 2 heterocycles. The monoisotopic (exact) mass is 460 g/mol. The number of hydrogen-bond acceptors (Lipinski definition) is 5. The molecule has 2 aromatic carbocycles. The fourth-order valence-corrected chi connectivity index (χ4v) is 4.18. The van der Waals surface area contributed by atoms with Crippen LogP contribution in [0.5, 0.6) is 5.75 Å². The molecule has 1 aliphatic heterocycles. The summed E-state index contributed by atoms with van der Waals surface area (Å²) in [6.45, 7) is 1.05. The van der Waals surface area contributed by atoms with E-state index in [2.05, 4.69) is 25.8 Å². The molecular formula is C25H28N6O3. The quantitative estimate of drug-likeness (QED) is 0.509. The summed E-state index contributed by atoms with van der Waals surface area (Å²) in [6.07, 6.45) is 3.57. The minimum atomic E-state index is -0.162. The highest BCUT2D eigenvalue weighted by Gasteiger charge is 2.28. The van der Waals surface area contributed by atoms with Gasteiger partial charge in [0.1, 0.15) is 11.6 Å². The van der Waals surface area contributed by atoms with Gasteiger partial charge in [0, 0.05) is 36.2 Å². The first-order valence-electron chi connectivity index (χ1n) is 11.6. The number of aromatic nitrogens is 3. The van der Waals surface area contributed by atoms with Gasteiger partial charge in [-0.05, 0) is 62.1 Å². The number of rotatable bonds is 6. The maximum atomic E-state index is 12.7. The van der Waals surface area contributed by atoms with Gasteiger partial charge in [-0.25, -0.2) is 9.78 Å². The van der Waals surface area contributed by atoms with Gasteiger partial charge in [-0.1, -0.05) is 12.1 Å². The number of carbonyl (C=O) groups is 2. The molecule has 1 saturated carbocycles. The fourth-order valence-electron chi connectivity index (χ4n) is 4.18. The summed E-state index contributed by atoms with van der Waals surface area (Å²) in [6, 6.07) is 14.7. The topological polar surface area (TPSA) is 112 Å². The van der Waals surface area contributed by atoms with Crippen molar-refractivity contribution < 1.29 is 14.3 Å². The Balaban J connectivity index is 1.12. The number of ether oxygens (including phenoxy) is 1. The number of benzene rings is 2. The van der Waals surface area contributed by atoms with Crippen LogP contribution in [-0.4, -0.2) is 52.2 Å². The average Bonchev–Trinajstić information content (AvgIpc) is 3.61. The molecule has 1 saturated heterocycles. The number of piperidine rings is 1. The molecule has 3 N–H and O–H groups in total. The van der Waals surface area contributed by atoms with E-state index < -0.39 is 0 Å². The first-order valence-corrected chi connectivity index (χ1v) is 11.6. The van der Waals surface area contributed by atoms with Crippen LogP contribution in [0.25, 0.3) is 11.4 Å². The van der Waals surface area contributed by atoms with Crippen molar-refractivity contribution in [2.24, 2.45) is 5.92 Å². The Labute approximate surface area is 197 Å². The van der Waals surface area contributed by atoms with E-state index in [-0.39, 0.29) is 17.9 Å². The summed E-state index contributed by atoms with van der Waals surface area (Å²) in [5.41, 5.74) is 2.28. The number of amides is 3. The third kappa shape index (κ3) is 4.88. The van der Waals surface area contributed by atoms with E-state index in [0.29, 0.717) is 54.8 Å². The summed E-state index contributed by atoms with van der Waals surface area (Å²) in [5.74, 6) is 2.59. The second-order valence-electron chi connectivity index (χ2n) is 8.78. The Hall–Kier alpha value is -3.88. The lowest BCUT2D eigenvalue weighted by molar-refractivity contribution is -0.121. The molecule has 1 aliphatic carbocycles. The van der Waals surface area contributed by atoms with E-state index in [1.54, 1.807) is 12.0 Å². The van der Waals surface area contributed by atoms with Gasteiger partial charge in [0.2, 0.25) is 5.91 Å². The van der Waals surface area contributed by atoms with E-state index >= 15 is 0 Å². The molecule has 3 amide bonds. The van der Waals surface area contributed by atoms with Gasteiger partial charge in [0.05, 0.1) is 12.8 Å². The van der Waals surface area contributed by atoms with Crippen molar-refractivity contribution in [1.82, 2.24) is 20.1 Å². The van der Waals surface area contributed by atoms with Gasteiger partial charge >= 0.3 is 6.03 Å². The van der Waals surface area contributed by atoms with Crippen molar-refractivity contribution in [2.75, 3.05) is 30.8 Å². The second-order valence-corrected chi connectivity index (χ2v) is 8.78. The molecule has 3 aromatic rings. The van der Waals surface area contributed by atoms with Crippen LogP contribution in [0.15, 0.2) is 48.5 Å². The maximum absolute atomic E-state index is 12.7. The van der Waals surface area contributed by atoms with E-state index in [1.807, 2.05) is 48.5 Å². The van der Waals surface area contributed by atoms with E-state index in [1.165, 1.54) is 12.8 Å². The summed E-state index contributed by atoms with van der Waals surface area (Å²) in [5, 5.41) is 13.2. The molecule has 1 aromatic heterocycles. The first-order chi connectivity index (χ1) is 16.6. The zero-order valence-corrected chi connectivity index (χ0v) is 19.1. The Morgan fingerprint density at radius 1 is 1.00 bits per heavy atom. The van der Waals surface area contributed by atoms with Gasteiger partial charge in [0.15, 0.2) is 5.82 Å². The molecule has 5 rings (SSSR count). The van der Waals surface area contributed by atoms with Crippen molar-refractivity contribution in [3.05, 3.63) is 54.4 Å². The van der Waals surface area contributed by atoms with E-state index in [0.717, 1.165) is 11.4 Å². The van der Waals surface area contributed by atoms with E-state index in [9.17, 15) is 9.59 Å². The number of hydrogen-bond donors (Lipinski definition) is 3. The van der Waals surface area contributed by atoms with Crippen LogP contribution in [-0.2, 0) is 4.79 Å². The zero-order chi connectivity index (χ0) is 23.5. The molecule has 176 valence electrons. The van der Waals surface area contributed by atoms with Crippen molar-refractivity contribution in [1.29, 1.82) is 0 Å². The highest BCUT2D eigenvalue weighted by Crippen LogP contribution is 2.38. The largest absolute Gasteiger partial charge is 0.495 e. The number of nitrogens with zero attached hydrogens (tertiary/aromatic N) is 3. The van der Waals surface area contributed by atoms with Crippen molar-refractivity contribution >= 4 is 23.3 Å². The molecular weight excluding hydrogens is 432 g/mol. The predicted molar refractivity (Wildman–Crippen MR) is 129 cm³/mol. The molecule has 9 nitrogen and oxygen atoms in total. The molecule has 0 radical (unpaired) electrons. The standard InChI is InChI=1S/C25H28N6O3/c1-34-21-5-3-2-4-20(21)27-24(32)18-12-14-31(15-13-18)25(33)26-19-10-8-17(9-11-19)23-28-22(29-30-23)16-6-7-16/h2-5,8-11,16,18H,6-7,12-15H2,1H3,(H,26,33)(H,27,32)(H,28,29,30). The smallest absolute Gasteiger partial charge is 0.321 e. The molecule has 2 fully saturated rings. The summed E-state index contributed by atoms with van der Waals surface area (Å²) >= 11 is 0. The second kappa shape index (κ2) is 9.54. The summed E-state index contributed by atoms with van der Waals surface area (Å²) in [7, 11) is 1.58. The maximum Gasteiger partial charge on any atom is 0.321 e. The lowest BCUT2D eigenvalue weighted by Gasteiger charge is -2.31. The van der Waals surface area contributed by atoms with Gasteiger partial charge in [0.25, 0.3) is 0 Å². The Kier molecular flexibility index (Phi) is 6.16. The summed E-state index contributed by atoms with van der Waals surface area (Å²) < 4.78 is 5.30. The normalized spacial score (nSPS) is 16.2. The average molecular weight is 461 g/mol. The number of likely N-dealkylation sites (tertiary alicyclic amines) is 1. The van der Waals surface area contributed by atoms with Crippen LogP contribution in [0.2, 0.25) is 0 Å². The first kappa shape index (κ1) is 21.9. The molecule has 0 unspecified atom stereocenters. The number of carbonyl (C=O) groups excluding carboxylic acids is 2. The number of para-hydroxylation sites is 2. The SMILES string of the molecule is COc1ccccc1NC(=O)C1CCN(C(=O)Nc2ccc(-c3n[nH]c(C4CC4)n3)cc2)CC1. The van der Waals surface area contributed by atoms with Crippen LogP contribution < -0.4 is 15.4 Å². The minimum Gasteiger partial charge on any atom is -0.495 e. The predicted octanol–water partition coefficient (Wildman–Crippen LogP) is 4.24. The number of aromatic amines is 1. The van der Waals surface area contributed by atoms with Crippen molar-refractivity contribution in [2.45, 2.75) is 31.6 Å². The minimum absolute atomic E-state index is 0.0445. The Bertz CT molecular complexity index is 1160. The lowest BCUT2D eigenvalue weighted by Crippen LogP contribution is -2.43. The highest BCUT2D eigenvalue weighted by atomic mass is 16.5. The molecule has 0 atom stereocenters. The van der Waals surface area contributed by atoms with E-state index in [4.69, 9.17) is 4.74 Å². The van der Waals surface area contributed by atoms with Crippen LogP contribution in [0.4, 0.5) is 16.2 Å². The number of urea groups is 1. The number of H-pyrrole nitrogens is 1. The van der Waals surface area contributed by atoms with Gasteiger partial charge in [-0.15, -0.1) is 0 Å². The molecule has 2 aliphatic rings. The van der Waals surface area contributed by atoms with Gasteiger partial charge < -0.3 is 20.3 Å². The van der Waals surface area contributed by atoms with Crippen molar-refractivity contribution in [3.8, 4) is 17.1 Å². The Morgan fingerprint density at radius 3 is 2.44 bits per heavy atom. The highest BCUT2D eigenvalue weighted by molar-refractivity contribution is 5.94. The zero-order valence-electron chi connectivity index (χ0n) is 19.1. The van der Waals surface area contributed by atoms with Gasteiger partial charge in [-0.3, -0.25) is 9.89 Å². The van der Waals surface area contributed by atoms with Gasteiger partial charge in [-0.2, -0.15) is 5.10 Å². The molecule has 0 bridgehead atoms. The molecule has 34 heavy (non-hydrogen) atoms. The molecule has 0 spiro atoms. The van der Waals surface area contributed by atoms with Crippen LogP contribution in [0.3, 0.4) is 0 Å². The lowest BCUT2D eigenvalue weighted by atomic mass is 9.96. The molecule has 9 heteroatoms. The summed E-state index contributed by atoms with van der Waals surface area (Å²) in [4.78, 5) is 31.7. The van der Waals surface area contributed by atoms with Crippen molar-refractivity contribution in [3.63, 3.8) is 0 Å².